The Morgan fingerprint density at radius 2 is 2.07 bits per heavy atom. The summed E-state index contributed by atoms with van der Waals surface area (Å²) in [5.41, 5.74) is 11.8. The molecule has 6 heteroatoms. The quantitative estimate of drug-likeness (QED) is 0.517. The number of furan rings is 1. The van der Waals surface area contributed by atoms with Gasteiger partial charge in [0.2, 0.25) is 5.96 Å². The first-order valence-electron chi connectivity index (χ1n) is 4.40. The summed E-state index contributed by atoms with van der Waals surface area (Å²) < 4.78 is 5.07. The molecule has 15 heavy (non-hydrogen) atoms. The Hall–Kier alpha value is -1.98. The molecule has 1 aromatic heterocycles. The maximum Gasteiger partial charge on any atom is 0.223 e. The van der Waals surface area contributed by atoms with E-state index in [4.69, 9.17) is 15.9 Å². The maximum absolute atomic E-state index is 5.57. The highest BCUT2D eigenvalue weighted by Gasteiger charge is 1.98. The summed E-state index contributed by atoms with van der Waals surface area (Å²) in [6.07, 6.45) is 1.50. The largest absolute Gasteiger partial charge is 0.467 e. The van der Waals surface area contributed by atoms with Gasteiger partial charge in [-0.1, -0.05) is 0 Å². The van der Waals surface area contributed by atoms with E-state index in [0.29, 0.717) is 11.6 Å². The zero-order valence-corrected chi connectivity index (χ0v) is 9.06. The van der Waals surface area contributed by atoms with Crippen LogP contribution in [0.2, 0.25) is 0 Å². The molecule has 6 nitrogen and oxygen atoms in total. The molecule has 0 aromatic carbocycles. The molecule has 0 fully saturated rings. The normalized spacial score (nSPS) is 13.0. The number of nitrogens with zero attached hydrogens (tertiary/aromatic N) is 3. The second kappa shape index (κ2) is 4.50. The molecule has 0 aliphatic carbocycles. The Morgan fingerprint density at radius 3 is 2.53 bits per heavy atom. The predicted molar refractivity (Wildman–Crippen MR) is 60.0 cm³/mol. The van der Waals surface area contributed by atoms with E-state index in [1.54, 1.807) is 25.1 Å². The van der Waals surface area contributed by atoms with Crippen molar-refractivity contribution in [3.8, 4) is 0 Å². The van der Waals surface area contributed by atoms with Gasteiger partial charge in [0.15, 0.2) is 5.96 Å². The monoisotopic (exact) mass is 209 g/mol. The van der Waals surface area contributed by atoms with E-state index in [9.17, 15) is 0 Å². The second-order valence-corrected chi connectivity index (χ2v) is 3.25. The lowest BCUT2D eigenvalue weighted by Crippen LogP contribution is -2.32. The smallest absolute Gasteiger partial charge is 0.223 e. The molecule has 0 saturated carbocycles. The van der Waals surface area contributed by atoms with E-state index < -0.39 is 0 Å². The molecule has 0 spiro atoms. The summed E-state index contributed by atoms with van der Waals surface area (Å²) in [7, 11) is 3.54. The first-order valence-corrected chi connectivity index (χ1v) is 4.40. The average molecular weight is 209 g/mol. The predicted octanol–water partition coefficient (Wildman–Crippen LogP) is 0.411. The molecule has 0 aliphatic heterocycles. The molecular formula is C9H15N5O. The Morgan fingerprint density at radius 1 is 1.40 bits per heavy atom. The Bertz CT molecular complexity index is 391. The van der Waals surface area contributed by atoms with Crippen LogP contribution in [-0.2, 0) is 0 Å². The van der Waals surface area contributed by atoms with Crippen LogP contribution in [0.3, 0.4) is 0 Å². The van der Waals surface area contributed by atoms with Crippen LogP contribution in [-0.4, -0.2) is 30.9 Å². The first kappa shape index (κ1) is 11.1. The molecule has 0 bridgehead atoms. The minimum Gasteiger partial charge on any atom is -0.467 e. The molecular weight excluding hydrogens is 194 g/mol. The number of hydrogen-bond donors (Lipinski definition) is 2. The van der Waals surface area contributed by atoms with Crippen LogP contribution in [0.1, 0.15) is 5.76 Å². The van der Waals surface area contributed by atoms with Crippen molar-refractivity contribution in [2.45, 2.75) is 6.92 Å². The summed E-state index contributed by atoms with van der Waals surface area (Å²) in [6.45, 7) is 1.83. The van der Waals surface area contributed by atoms with E-state index in [0.717, 1.165) is 5.76 Å². The molecule has 0 amide bonds. The van der Waals surface area contributed by atoms with Crippen molar-refractivity contribution in [1.82, 2.24) is 4.90 Å². The van der Waals surface area contributed by atoms with Crippen molar-refractivity contribution in [2.24, 2.45) is 21.5 Å². The molecule has 1 rings (SSSR count). The summed E-state index contributed by atoms with van der Waals surface area (Å²) in [5.74, 6) is 1.17. The number of nitrogens with two attached hydrogens (primary N) is 2. The standard InChI is InChI=1S/C9H15N5O/c1-6-4-7(5-15-6)12-8(10)13-9(11)14(2)3/h4-5H,1-3H3,(H4,10,11,12,13). The van der Waals surface area contributed by atoms with Crippen molar-refractivity contribution in [1.29, 1.82) is 0 Å². The van der Waals surface area contributed by atoms with Crippen LogP contribution in [0.15, 0.2) is 26.7 Å². The Labute approximate surface area is 88.3 Å². The fourth-order valence-corrected chi connectivity index (χ4v) is 0.863. The molecule has 1 aromatic rings. The number of aryl methyl sites for hydroxylation is 1. The van der Waals surface area contributed by atoms with Gasteiger partial charge < -0.3 is 20.8 Å². The average Bonchev–Trinajstić information content (AvgIpc) is 2.50. The molecule has 0 radical (unpaired) electrons. The minimum atomic E-state index is 0.0991. The third-order valence-corrected chi connectivity index (χ3v) is 1.65. The summed E-state index contributed by atoms with van der Waals surface area (Å²) in [4.78, 5) is 9.54. The number of guanidine groups is 2. The zero-order chi connectivity index (χ0) is 11.4. The molecule has 4 N–H and O–H groups in total. The number of aliphatic imine (C=N–C) groups is 2. The summed E-state index contributed by atoms with van der Waals surface area (Å²) in [6, 6.07) is 1.76. The van der Waals surface area contributed by atoms with Crippen molar-refractivity contribution in [3.05, 3.63) is 18.1 Å². The van der Waals surface area contributed by atoms with Gasteiger partial charge in [-0.15, -0.1) is 0 Å². The topological polar surface area (TPSA) is 93.1 Å². The summed E-state index contributed by atoms with van der Waals surface area (Å²) in [5, 5.41) is 0. The third-order valence-electron chi connectivity index (χ3n) is 1.65. The van der Waals surface area contributed by atoms with Gasteiger partial charge in [0.25, 0.3) is 0 Å². The van der Waals surface area contributed by atoms with Gasteiger partial charge in [0.05, 0.1) is 0 Å². The SMILES string of the molecule is Cc1cc(N=C(N)N=C(N)N(C)C)co1. The highest BCUT2D eigenvalue weighted by atomic mass is 16.3. The molecule has 0 unspecified atom stereocenters. The van der Waals surface area contributed by atoms with E-state index in [1.165, 1.54) is 6.26 Å². The zero-order valence-electron chi connectivity index (χ0n) is 9.06. The Kier molecular flexibility index (Phi) is 3.33. The van der Waals surface area contributed by atoms with E-state index in [1.807, 2.05) is 6.92 Å². The van der Waals surface area contributed by atoms with E-state index >= 15 is 0 Å². The van der Waals surface area contributed by atoms with Crippen LogP contribution in [0.4, 0.5) is 5.69 Å². The van der Waals surface area contributed by atoms with Crippen LogP contribution in [0, 0.1) is 6.92 Å². The van der Waals surface area contributed by atoms with Crippen LogP contribution in [0.25, 0.3) is 0 Å². The molecule has 0 aliphatic rings. The van der Waals surface area contributed by atoms with E-state index in [-0.39, 0.29) is 5.96 Å². The summed E-state index contributed by atoms with van der Waals surface area (Å²) >= 11 is 0. The van der Waals surface area contributed by atoms with Gasteiger partial charge in [-0.25, -0.2) is 4.99 Å². The lowest BCUT2D eigenvalue weighted by molar-refractivity contribution is 0.534. The van der Waals surface area contributed by atoms with Gasteiger partial charge in [-0.2, -0.15) is 4.99 Å². The Balaban J connectivity index is 2.81. The van der Waals surface area contributed by atoms with Crippen molar-refractivity contribution < 1.29 is 4.42 Å². The molecule has 0 atom stereocenters. The van der Waals surface area contributed by atoms with Gasteiger partial charge >= 0.3 is 0 Å². The number of hydrogen-bond acceptors (Lipinski definition) is 2. The maximum atomic E-state index is 5.57. The lowest BCUT2D eigenvalue weighted by Gasteiger charge is -2.09. The van der Waals surface area contributed by atoms with Gasteiger partial charge in [0, 0.05) is 20.2 Å². The van der Waals surface area contributed by atoms with Crippen molar-refractivity contribution in [3.63, 3.8) is 0 Å². The lowest BCUT2D eigenvalue weighted by atomic mass is 10.4. The van der Waals surface area contributed by atoms with Crippen LogP contribution in [0.5, 0.6) is 0 Å². The van der Waals surface area contributed by atoms with E-state index in [2.05, 4.69) is 9.98 Å². The fourth-order valence-electron chi connectivity index (χ4n) is 0.863. The first-order chi connectivity index (χ1) is 6.99. The van der Waals surface area contributed by atoms with Crippen molar-refractivity contribution >= 4 is 17.6 Å². The van der Waals surface area contributed by atoms with Gasteiger partial charge in [-0.05, 0) is 6.92 Å². The number of rotatable bonds is 1. The highest BCUT2D eigenvalue weighted by Crippen LogP contribution is 2.15. The molecule has 0 saturated heterocycles. The fraction of sp³-hybridized carbons (Fsp3) is 0.333. The molecule has 82 valence electrons. The minimum absolute atomic E-state index is 0.0991. The highest BCUT2D eigenvalue weighted by molar-refractivity contribution is 5.94. The third kappa shape index (κ3) is 3.34. The van der Waals surface area contributed by atoms with Gasteiger partial charge in [-0.3, -0.25) is 0 Å². The molecule has 1 heterocycles. The van der Waals surface area contributed by atoms with Gasteiger partial charge in [0.1, 0.15) is 17.7 Å². The van der Waals surface area contributed by atoms with Crippen LogP contribution >= 0.6 is 0 Å². The van der Waals surface area contributed by atoms with Crippen molar-refractivity contribution in [2.75, 3.05) is 14.1 Å². The van der Waals surface area contributed by atoms with Crippen LogP contribution < -0.4 is 11.5 Å². The second-order valence-electron chi connectivity index (χ2n) is 3.25.